The minimum absolute atomic E-state index is 0.755. The van der Waals surface area contributed by atoms with E-state index < -0.39 is 0 Å². The average molecular weight is 263 g/mol. The summed E-state index contributed by atoms with van der Waals surface area (Å²) in [4.78, 5) is 0. The van der Waals surface area contributed by atoms with Crippen LogP contribution >= 0.6 is 0 Å². The van der Waals surface area contributed by atoms with Gasteiger partial charge in [0.25, 0.3) is 0 Å². The molecule has 0 saturated carbocycles. The van der Waals surface area contributed by atoms with Gasteiger partial charge in [-0.1, -0.05) is 30.3 Å². The quantitative estimate of drug-likeness (QED) is 0.775. The van der Waals surface area contributed by atoms with Gasteiger partial charge in [-0.05, 0) is 53.4 Å². The molecule has 20 heavy (non-hydrogen) atoms. The molecule has 1 heterocycles. The van der Waals surface area contributed by atoms with Gasteiger partial charge in [-0.25, -0.2) is 0 Å². The Morgan fingerprint density at radius 1 is 1.00 bits per heavy atom. The monoisotopic (exact) mass is 263 g/mol. The summed E-state index contributed by atoms with van der Waals surface area (Å²) in [7, 11) is 1.94. The summed E-state index contributed by atoms with van der Waals surface area (Å²) in [6.07, 6.45) is 4.13. The first-order valence-electron chi connectivity index (χ1n) is 7.13. The Hall–Kier alpha value is -2.06. The predicted octanol–water partition coefficient (Wildman–Crippen LogP) is 3.92. The van der Waals surface area contributed by atoms with E-state index >= 15 is 0 Å². The van der Waals surface area contributed by atoms with Gasteiger partial charge < -0.3 is 9.73 Å². The molecule has 1 aliphatic rings. The normalized spacial score (nSPS) is 13.2. The Labute approximate surface area is 118 Å². The van der Waals surface area contributed by atoms with Crippen LogP contribution in [-0.4, -0.2) is 7.05 Å². The zero-order chi connectivity index (χ0) is 13.5. The Morgan fingerprint density at radius 2 is 1.85 bits per heavy atom. The van der Waals surface area contributed by atoms with Crippen LogP contribution in [-0.2, 0) is 19.4 Å². The summed E-state index contributed by atoms with van der Waals surface area (Å²) in [6, 6.07) is 13.3. The minimum atomic E-state index is 0.755. The summed E-state index contributed by atoms with van der Waals surface area (Å²) >= 11 is 0. The minimum Gasteiger partial charge on any atom is -0.467 e. The van der Waals surface area contributed by atoms with E-state index in [2.05, 4.69) is 41.7 Å². The fourth-order valence-corrected chi connectivity index (χ4v) is 3.36. The van der Waals surface area contributed by atoms with Crippen LogP contribution in [0.15, 0.2) is 47.1 Å². The summed E-state index contributed by atoms with van der Waals surface area (Å²) in [5.74, 6) is 1.01. The van der Waals surface area contributed by atoms with Crippen LogP contribution in [0.5, 0.6) is 0 Å². The molecule has 2 heteroatoms. The molecule has 0 radical (unpaired) electrons. The second kappa shape index (κ2) is 4.50. The van der Waals surface area contributed by atoms with Crippen molar-refractivity contribution in [3.05, 3.63) is 59.5 Å². The third-order valence-corrected chi connectivity index (χ3v) is 4.25. The van der Waals surface area contributed by atoms with Gasteiger partial charge >= 0.3 is 0 Å². The maximum Gasteiger partial charge on any atom is 0.125 e. The van der Waals surface area contributed by atoms with Gasteiger partial charge in [-0.15, -0.1) is 0 Å². The van der Waals surface area contributed by atoms with Gasteiger partial charge in [0.15, 0.2) is 0 Å². The van der Waals surface area contributed by atoms with Crippen molar-refractivity contribution in [1.82, 2.24) is 5.32 Å². The highest BCUT2D eigenvalue weighted by molar-refractivity contribution is 6.01. The lowest BCUT2D eigenvalue weighted by Gasteiger charge is -2.09. The molecule has 100 valence electrons. The van der Waals surface area contributed by atoms with Gasteiger partial charge in [0.05, 0.1) is 12.8 Å². The van der Waals surface area contributed by atoms with E-state index in [0.717, 1.165) is 12.3 Å². The van der Waals surface area contributed by atoms with Crippen molar-refractivity contribution in [2.45, 2.75) is 19.4 Å². The zero-order valence-corrected chi connectivity index (χ0v) is 11.6. The van der Waals surface area contributed by atoms with E-state index in [4.69, 9.17) is 4.42 Å². The SMILES string of the molecule is CNCc1occc1-c1ccc2c3c(cccc13)CC2. The number of nitrogens with one attached hydrogen (secondary N) is 1. The van der Waals surface area contributed by atoms with Gasteiger partial charge in [0.2, 0.25) is 0 Å². The van der Waals surface area contributed by atoms with E-state index in [-0.39, 0.29) is 0 Å². The zero-order valence-electron chi connectivity index (χ0n) is 11.6. The van der Waals surface area contributed by atoms with Crippen LogP contribution in [0.3, 0.4) is 0 Å². The van der Waals surface area contributed by atoms with Crippen molar-refractivity contribution in [3.8, 4) is 11.1 Å². The number of benzene rings is 2. The number of rotatable bonds is 3. The molecule has 1 N–H and O–H groups in total. The number of aryl methyl sites for hydroxylation is 2. The average Bonchev–Trinajstić information content (AvgIpc) is 3.09. The molecule has 4 rings (SSSR count). The van der Waals surface area contributed by atoms with Crippen molar-refractivity contribution in [1.29, 1.82) is 0 Å². The maximum absolute atomic E-state index is 5.62. The summed E-state index contributed by atoms with van der Waals surface area (Å²) < 4.78 is 5.62. The molecular weight excluding hydrogens is 246 g/mol. The Morgan fingerprint density at radius 3 is 2.70 bits per heavy atom. The van der Waals surface area contributed by atoms with E-state index in [1.165, 1.54) is 45.9 Å². The molecule has 0 amide bonds. The van der Waals surface area contributed by atoms with Crippen LogP contribution in [0.2, 0.25) is 0 Å². The first-order valence-corrected chi connectivity index (χ1v) is 7.13. The van der Waals surface area contributed by atoms with Crippen molar-refractivity contribution in [3.63, 3.8) is 0 Å². The standard InChI is InChI=1S/C18H17NO/c1-19-11-17-15(9-10-20-17)14-8-7-13-6-5-12-3-2-4-16(14)18(12)13/h2-4,7-10,19H,5-6,11H2,1H3. The summed E-state index contributed by atoms with van der Waals surface area (Å²) in [6.45, 7) is 0.755. The molecule has 1 aliphatic carbocycles. The third-order valence-electron chi connectivity index (χ3n) is 4.25. The number of furan rings is 1. The highest BCUT2D eigenvalue weighted by Gasteiger charge is 2.18. The lowest BCUT2D eigenvalue weighted by molar-refractivity contribution is 0.497. The number of hydrogen-bond donors (Lipinski definition) is 1. The van der Waals surface area contributed by atoms with E-state index in [1.807, 2.05) is 7.05 Å². The predicted molar refractivity (Wildman–Crippen MR) is 81.8 cm³/mol. The smallest absolute Gasteiger partial charge is 0.125 e. The molecular formula is C18H17NO. The number of hydrogen-bond acceptors (Lipinski definition) is 2. The molecule has 0 bridgehead atoms. The van der Waals surface area contributed by atoms with Gasteiger partial charge in [0.1, 0.15) is 5.76 Å². The van der Waals surface area contributed by atoms with Crippen LogP contribution in [0, 0.1) is 0 Å². The van der Waals surface area contributed by atoms with Crippen molar-refractivity contribution >= 4 is 10.8 Å². The van der Waals surface area contributed by atoms with Crippen LogP contribution in [0.1, 0.15) is 16.9 Å². The van der Waals surface area contributed by atoms with E-state index in [0.29, 0.717) is 0 Å². The molecule has 1 aromatic heterocycles. The Bertz CT molecular complexity index is 775. The first-order chi connectivity index (χ1) is 9.88. The maximum atomic E-state index is 5.62. The topological polar surface area (TPSA) is 25.2 Å². The van der Waals surface area contributed by atoms with Crippen molar-refractivity contribution < 1.29 is 4.42 Å². The van der Waals surface area contributed by atoms with Gasteiger partial charge in [-0.2, -0.15) is 0 Å². The van der Waals surface area contributed by atoms with Crippen LogP contribution in [0.25, 0.3) is 21.9 Å². The van der Waals surface area contributed by atoms with Crippen LogP contribution < -0.4 is 5.32 Å². The van der Waals surface area contributed by atoms with Gasteiger partial charge in [0, 0.05) is 5.56 Å². The Balaban J connectivity index is 1.99. The Kier molecular flexibility index (Phi) is 2.64. The fourth-order valence-electron chi connectivity index (χ4n) is 3.36. The molecule has 3 aromatic rings. The highest BCUT2D eigenvalue weighted by atomic mass is 16.3. The van der Waals surface area contributed by atoms with Crippen molar-refractivity contribution in [2.24, 2.45) is 0 Å². The lowest BCUT2D eigenvalue weighted by atomic mass is 9.95. The van der Waals surface area contributed by atoms with E-state index in [1.54, 1.807) is 6.26 Å². The first kappa shape index (κ1) is 11.7. The van der Waals surface area contributed by atoms with Crippen molar-refractivity contribution in [2.75, 3.05) is 7.05 Å². The highest BCUT2D eigenvalue weighted by Crippen LogP contribution is 2.38. The fraction of sp³-hybridized carbons (Fsp3) is 0.222. The molecule has 0 unspecified atom stereocenters. The third kappa shape index (κ3) is 1.61. The second-order valence-electron chi connectivity index (χ2n) is 5.40. The van der Waals surface area contributed by atoms with Crippen LogP contribution in [0.4, 0.5) is 0 Å². The van der Waals surface area contributed by atoms with E-state index in [9.17, 15) is 0 Å². The molecule has 2 aromatic carbocycles. The summed E-state index contributed by atoms with van der Waals surface area (Å²) in [5, 5.41) is 5.99. The molecule has 2 nitrogen and oxygen atoms in total. The molecule has 0 fully saturated rings. The lowest BCUT2D eigenvalue weighted by Crippen LogP contribution is -2.04. The molecule has 0 saturated heterocycles. The molecule has 0 spiro atoms. The van der Waals surface area contributed by atoms with Gasteiger partial charge in [-0.3, -0.25) is 0 Å². The second-order valence-corrected chi connectivity index (χ2v) is 5.40. The largest absolute Gasteiger partial charge is 0.467 e. The molecule has 0 aliphatic heterocycles. The molecule has 0 atom stereocenters. The summed E-state index contributed by atoms with van der Waals surface area (Å²) in [5.41, 5.74) is 5.46.